The first-order valence-electron chi connectivity index (χ1n) is 5.23. The molecule has 2 rings (SSSR count). The molecule has 0 aliphatic heterocycles. The highest BCUT2D eigenvalue weighted by Crippen LogP contribution is 2.26. The van der Waals surface area contributed by atoms with E-state index in [2.05, 4.69) is 4.98 Å². The standard InChI is InChI=1S/C13H9FN2OS/c1-8(17)11(6-15)13-16-12(7-18-13)9-2-4-10(14)5-3-9/h2-5,7,11H,1H3. The SMILES string of the molecule is CC(=O)C(C#N)c1nc(-c2ccc(F)cc2)cs1. The fourth-order valence-electron chi connectivity index (χ4n) is 1.49. The number of ketones is 1. The molecule has 5 heteroatoms. The van der Waals surface area contributed by atoms with E-state index in [0.29, 0.717) is 10.7 Å². The molecule has 0 fully saturated rings. The molecule has 0 spiro atoms. The Morgan fingerprint density at radius 2 is 2.11 bits per heavy atom. The molecule has 0 radical (unpaired) electrons. The van der Waals surface area contributed by atoms with E-state index in [-0.39, 0.29) is 11.6 Å². The van der Waals surface area contributed by atoms with Crippen LogP contribution in [0, 0.1) is 17.1 Å². The summed E-state index contributed by atoms with van der Waals surface area (Å²) in [5, 5.41) is 11.1. The van der Waals surface area contributed by atoms with Gasteiger partial charge in [0.25, 0.3) is 0 Å². The topological polar surface area (TPSA) is 53.8 Å². The van der Waals surface area contributed by atoms with E-state index in [4.69, 9.17) is 5.26 Å². The van der Waals surface area contributed by atoms with Crippen molar-refractivity contribution >= 4 is 17.1 Å². The van der Waals surface area contributed by atoms with E-state index in [1.165, 1.54) is 30.4 Å². The molecule has 3 nitrogen and oxygen atoms in total. The molecule has 90 valence electrons. The second-order valence-electron chi connectivity index (χ2n) is 3.75. The van der Waals surface area contributed by atoms with E-state index in [0.717, 1.165) is 5.56 Å². The number of nitriles is 1. The van der Waals surface area contributed by atoms with Crippen molar-refractivity contribution in [3.63, 3.8) is 0 Å². The fraction of sp³-hybridized carbons (Fsp3) is 0.154. The van der Waals surface area contributed by atoms with Gasteiger partial charge in [0.2, 0.25) is 0 Å². The van der Waals surface area contributed by atoms with Crippen molar-refractivity contribution < 1.29 is 9.18 Å². The molecule has 0 N–H and O–H groups in total. The molecule has 18 heavy (non-hydrogen) atoms. The number of nitrogens with zero attached hydrogens (tertiary/aromatic N) is 2. The Morgan fingerprint density at radius 3 is 2.67 bits per heavy atom. The number of benzene rings is 1. The summed E-state index contributed by atoms with van der Waals surface area (Å²) in [6.45, 7) is 1.37. The van der Waals surface area contributed by atoms with Crippen molar-refractivity contribution in [1.82, 2.24) is 4.98 Å². The Morgan fingerprint density at radius 1 is 1.44 bits per heavy atom. The molecule has 1 aromatic heterocycles. The third-order valence-electron chi connectivity index (χ3n) is 2.44. The van der Waals surface area contributed by atoms with Gasteiger partial charge in [-0.05, 0) is 31.2 Å². The van der Waals surface area contributed by atoms with Crippen LogP contribution >= 0.6 is 11.3 Å². The van der Waals surface area contributed by atoms with Crippen LogP contribution in [0.1, 0.15) is 17.8 Å². The minimum atomic E-state index is -0.816. The van der Waals surface area contributed by atoms with Gasteiger partial charge in [0.05, 0.1) is 11.8 Å². The van der Waals surface area contributed by atoms with Crippen LogP contribution < -0.4 is 0 Å². The molecule has 0 bridgehead atoms. The second-order valence-corrected chi connectivity index (χ2v) is 4.64. The van der Waals surface area contributed by atoms with Crippen LogP contribution in [0.4, 0.5) is 4.39 Å². The summed E-state index contributed by atoms with van der Waals surface area (Å²) in [5.74, 6) is -1.35. The van der Waals surface area contributed by atoms with Crippen molar-refractivity contribution in [3.05, 3.63) is 40.5 Å². The van der Waals surface area contributed by atoms with Gasteiger partial charge in [0.1, 0.15) is 10.8 Å². The Labute approximate surface area is 108 Å². The summed E-state index contributed by atoms with van der Waals surface area (Å²) in [6.07, 6.45) is 0. The zero-order chi connectivity index (χ0) is 13.1. The van der Waals surface area contributed by atoms with Crippen LogP contribution in [0.25, 0.3) is 11.3 Å². The Kier molecular flexibility index (Phi) is 3.49. The molecule has 0 amide bonds. The molecular formula is C13H9FN2OS. The maximum absolute atomic E-state index is 12.8. The Bertz CT molecular complexity index is 613. The molecule has 2 aromatic rings. The largest absolute Gasteiger partial charge is 0.298 e. The minimum absolute atomic E-state index is 0.225. The highest BCUT2D eigenvalue weighted by molar-refractivity contribution is 7.10. The van der Waals surface area contributed by atoms with Gasteiger partial charge in [-0.25, -0.2) is 9.37 Å². The number of Topliss-reactive ketones (excluding diaryl/α,β-unsaturated/α-hetero) is 1. The molecule has 1 atom stereocenters. The second kappa shape index (κ2) is 5.07. The third-order valence-corrected chi connectivity index (χ3v) is 3.35. The lowest BCUT2D eigenvalue weighted by Crippen LogP contribution is -2.05. The monoisotopic (exact) mass is 260 g/mol. The lowest BCUT2D eigenvalue weighted by molar-refractivity contribution is -0.117. The zero-order valence-electron chi connectivity index (χ0n) is 9.55. The quantitative estimate of drug-likeness (QED) is 0.851. The summed E-state index contributed by atoms with van der Waals surface area (Å²) in [6, 6.07) is 7.86. The number of rotatable bonds is 3. The smallest absolute Gasteiger partial charge is 0.156 e. The first-order chi connectivity index (χ1) is 8.61. The van der Waals surface area contributed by atoms with Gasteiger partial charge in [0.15, 0.2) is 11.7 Å². The van der Waals surface area contributed by atoms with Crippen LogP contribution in [0.15, 0.2) is 29.6 Å². The number of hydrogen-bond acceptors (Lipinski definition) is 4. The lowest BCUT2D eigenvalue weighted by atomic mass is 10.1. The zero-order valence-corrected chi connectivity index (χ0v) is 10.4. The van der Waals surface area contributed by atoms with Crippen molar-refractivity contribution in [2.75, 3.05) is 0 Å². The first kappa shape index (κ1) is 12.4. The van der Waals surface area contributed by atoms with E-state index < -0.39 is 5.92 Å². The van der Waals surface area contributed by atoms with Crippen LogP contribution in [-0.2, 0) is 4.79 Å². The van der Waals surface area contributed by atoms with Crippen molar-refractivity contribution in [1.29, 1.82) is 5.26 Å². The van der Waals surface area contributed by atoms with Gasteiger partial charge in [-0.15, -0.1) is 11.3 Å². The average Bonchev–Trinajstić information content (AvgIpc) is 2.80. The third kappa shape index (κ3) is 2.44. The Balaban J connectivity index is 2.33. The van der Waals surface area contributed by atoms with Gasteiger partial charge in [-0.3, -0.25) is 4.79 Å². The van der Waals surface area contributed by atoms with Crippen molar-refractivity contribution in [2.45, 2.75) is 12.8 Å². The molecule has 1 heterocycles. The number of hydrogen-bond donors (Lipinski definition) is 0. The summed E-state index contributed by atoms with van der Waals surface area (Å²) < 4.78 is 12.8. The lowest BCUT2D eigenvalue weighted by Gasteiger charge is -1.99. The van der Waals surface area contributed by atoms with Gasteiger partial charge in [-0.1, -0.05) is 0 Å². The van der Waals surface area contributed by atoms with Crippen molar-refractivity contribution in [2.24, 2.45) is 0 Å². The molecule has 1 aromatic carbocycles. The first-order valence-corrected chi connectivity index (χ1v) is 6.11. The molecular weight excluding hydrogens is 251 g/mol. The normalized spacial score (nSPS) is 11.8. The number of halogens is 1. The fourth-order valence-corrected chi connectivity index (χ4v) is 2.42. The number of carbonyl (C=O) groups is 1. The van der Waals surface area contributed by atoms with E-state index >= 15 is 0 Å². The summed E-state index contributed by atoms with van der Waals surface area (Å²) in [4.78, 5) is 15.5. The summed E-state index contributed by atoms with van der Waals surface area (Å²) >= 11 is 1.26. The van der Waals surface area contributed by atoms with Gasteiger partial charge < -0.3 is 0 Å². The number of aromatic nitrogens is 1. The predicted octanol–water partition coefficient (Wildman–Crippen LogP) is 3.15. The highest BCUT2D eigenvalue weighted by Gasteiger charge is 2.20. The average molecular weight is 260 g/mol. The maximum atomic E-state index is 12.8. The molecule has 0 aliphatic rings. The maximum Gasteiger partial charge on any atom is 0.156 e. The summed E-state index contributed by atoms with van der Waals surface area (Å²) in [5.41, 5.74) is 1.41. The van der Waals surface area contributed by atoms with Crippen LogP contribution in [0.2, 0.25) is 0 Å². The van der Waals surface area contributed by atoms with Gasteiger partial charge in [0, 0.05) is 10.9 Å². The minimum Gasteiger partial charge on any atom is -0.298 e. The molecule has 0 aliphatic carbocycles. The summed E-state index contributed by atoms with van der Waals surface area (Å²) in [7, 11) is 0. The van der Waals surface area contributed by atoms with Crippen molar-refractivity contribution in [3.8, 4) is 17.3 Å². The predicted molar refractivity (Wildman–Crippen MR) is 66.5 cm³/mol. The van der Waals surface area contributed by atoms with Crippen LogP contribution in [-0.4, -0.2) is 10.8 Å². The molecule has 1 unspecified atom stereocenters. The van der Waals surface area contributed by atoms with Gasteiger partial charge >= 0.3 is 0 Å². The number of carbonyl (C=O) groups excluding carboxylic acids is 1. The molecule has 0 saturated heterocycles. The number of thiazole rings is 1. The highest BCUT2D eigenvalue weighted by atomic mass is 32.1. The van der Waals surface area contributed by atoms with Crippen LogP contribution in [0.3, 0.4) is 0 Å². The van der Waals surface area contributed by atoms with Gasteiger partial charge in [-0.2, -0.15) is 5.26 Å². The Hall–Kier alpha value is -2.06. The van der Waals surface area contributed by atoms with E-state index in [1.807, 2.05) is 6.07 Å². The molecule has 0 saturated carbocycles. The van der Waals surface area contributed by atoms with E-state index in [1.54, 1.807) is 17.5 Å². The van der Waals surface area contributed by atoms with E-state index in [9.17, 15) is 9.18 Å². The van der Waals surface area contributed by atoms with Crippen LogP contribution in [0.5, 0.6) is 0 Å².